The Labute approximate surface area is 122 Å². The number of nitrogens with one attached hydrogen (secondary N) is 1. The molecule has 19 heavy (non-hydrogen) atoms. The first-order chi connectivity index (χ1) is 9.08. The van der Waals surface area contributed by atoms with Crippen LogP contribution in [0.15, 0.2) is 21.2 Å². The van der Waals surface area contributed by atoms with Crippen molar-refractivity contribution in [3.63, 3.8) is 0 Å². The minimum absolute atomic E-state index is 0.236. The molecule has 1 N–H and O–H groups in total. The fourth-order valence-electron chi connectivity index (χ4n) is 2.41. The first-order valence-electron chi connectivity index (χ1n) is 6.50. The Morgan fingerprint density at radius 3 is 2.79 bits per heavy atom. The van der Waals surface area contributed by atoms with Crippen molar-refractivity contribution in [1.29, 1.82) is 0 Å². The molecule has 104 valence electrons. The molecule has 2 rings (SSSR count). The fraction of sp³-hybridized carbons (Fsp3) is 0.500. The summed E-state index contributed by atoms with van der Waals surface area (Å²) in [6, 6.07) is 2.29. The molecule has 0 spiro atoms. The molecular formula is C14H20BrN3O. The lowest BCUT2D eigenvalue weighted by Crippen LogP contribution is -2.21. The molecule has 0 bridgehead atoms. The predicted molar refractivity (Wildman–Crippen MR) is 79.2 cm³/mol. The van der Waals surface area contributed by atoms with E-state index in [1.54, 1.807) is 6.26 Å². The molecule has 1 unspecified atom stereocenters. The van der Waals surface area contributed by atoms with Gasteiger partial charge in [0.05, 0.1) is 22.1 Å². The Morgan fingerprint density at radius 2 is 2.26 bits per heavy atom. The lowest BCUT2D eigenvalue weighted by atomic mass is 10.0. The molecule has 0 aliphatic carbocycles. The summed E-state index contributed by atoms with van der Waals surface area (Å²) in [6.07, 6.45) is 3.55. The molecule has 2 heterocycles. The van der Waals surface area contributed by atoms with Gasteiger partial charge in [-0.2, -0.15) is 5.10 Å². The standard InChI is InChI=1S/C14H20BrN3O/c1-5-13-10(6-7-19-13)11(16-3)8-12-14(15)9(2)17-18(12)4/h6-7,11,16H,5,8H2,1-4H3. The van der Waals surface area contributed by atoms with Gasteiger partial charge in [0.15, 0.2) is 0 Å². The highest BCUT2D eigenvalue weighted by Gasteiger charge is 2.20. The maximum atomic E-state index is 5.53. The molecule has 1 atom stereocenters. The summed E-state index contributed by atoms with van der Waals surface area (Å²) in [5.74, 6) is 1.05. The smallest absolute Gasteiger partial charge is 0.108 e. The monoisotopic (exact) mass is 325 g/mol. The van der Waals surface area contributed by atoms with Crippen molar-refractivity contribution in [3.05, 3.63) is 39.5 Å². The fourth-order valence-corrected chi connectivity index (χ4v) is 2.91. The maximum Gasteiger partial charge on any atom is 0.108 e. The average Bonchev–Trinajstić information content (AvgIpc) is 2.95. The van der Waals surface area contributed by atoms with Gasteiger partial charge in [-0.25, -0.2) is 0 Å². The van der Waals surface area contributed by atoms with Crippen molar-refractivity contribution >= 4 is 15.9 Å². The number of furan rings is 1. The van der Waals surface area contributed by atoms with E-state index in [1.807, 2.05) is 25.7 Å². The zero-order chi connectivity index (χ0) is 14.0. The molecular weight excluding hydrogens is 306 g/mol. The van der Waals surface area contributed by atoms with Gasteiger partial charge >= 0.3 is 0 Å². The molecule has 0 radical (unpaired) electrons. The van der Waals surface area contributed by atoms with Crippen molar-refractivity contribution in [2.24, 2.45) is 7.05 Å². The molecule has 4 nitrogen and oxygen atoms in total. The Hall–Kier alpha value is -1.07. The second kappa shape index (κ2) is 5.92. The second-order valence-corrected chi connectivity index (χ2v) is 5.46. The quantitative estimate of drug-likeness (QED) is 0.918. The van der Waals surface area contributed by atoms with Gasteiger partial charge in [0, 0.05) is 31.5 Å². The first kappa shape index (κ1) is 14.3. The van der Waals surface area contributed by atoms with Crippen LogP contribution < -0.4 is 5.32 Å². The largest absolute Gasteiger partial charge is 0.469 e. The number of aromatic nitrogens is 2. The van der Waals surface area contributed by atoms with E-state index >= 15 is 0 Å². The molecule has 0 aromatic carbocycles. The SMILES string of the molecule is CCc1occc1C(Cc1c(Br)c(C)nn1C)NC. The van der Waals surface area contributed by atoms with Crippen LogP contribution in [0.2, 0.25) is 0 Å². The van der Waals surface area contributed by atoms with Crippen LogP contribution in [0, 0.1) is 6.92 Å². The van der Waals surface area contributed by atoms with Crippen molar-refractivity contribution in [1.82, 2.24) is 15.1 Å². The highest BCUT2D eigenvalue weighted by atomic mass is 79.9. The van der Waals surface area contributed by atoms with E-state index in [4.69, 9.17) is 4.42 Å². The van der Waals surface area contributed by atoms with Crippen molar-refractivity contribution < 1.29 is 4.42 Å². The number of likely N-dealkylation sites (N-methyl/N-ethyl adjacent to an activating group) is 1. The number of aryl methyl sites for hydroxylation is 3. The second-order valence-electron chi connectivity index (χ2n) is 4.67. The Kier molecular flexibility index (Phi) is 4.47. The van der Waals surface area contributed by atoms with Crippen LogP contribution >= 0.6 is 15.9 Å². The van der Waals surface area contributed by atoms with Gasteiger partial charge in [-0.05, 0) is 36.0 Å². The van der Waals surface area contributed by atoms with Crippen LogP contribution in [0.1, 0.15) is 35.7 Å². The Morgan fingerprint density at radius 1 is 1.53 bits per heavy atom. The van der Waals surface area contributed by atoms with Gasteiger partial charge in [0.25, 0.3) is 0 Å². The number of hydrogen-bond donors (Lipinski definition) is 1. The zero-order valence-corrected chi connectivity index (χ0v) is 13.4. The highest BCUT2D eigenvalue weighted by Crippen LogP contribution is 2.28. The molecule has 0 saturated heterocycles. The van der Waals surface area contributed by atoms with Gasteiger partial charge in [0.1, 0.15) is 5.76 Å². The van der Waals surface area contributed by atoms with E-state index in [-0.39, 0.29) is 6.04 Å². The minimum atomic E-state index is 0.236. The summed E-state index contributed by atoms with van der Waals surface area (Å²) >= 11 is 3.62. The molecule has 0 fully saturated rings. The molecule has 2 aromatic rings. The van der Waals surface area contributed by atoms with E-state index in [0.717, 1.165) is 28.8 Å². The maximum absolute atomic E-state index is 5.53. The van der Waals surface area contributed by atoms with Crippen LogP contribution in [0.25, 0.3) is 0 Å². The van der Waals surface area contributed by atoms with Crippen molar-refractivity contribution in [3.8, 4) is 0 Å². The van der Waals surface area contributed by atoms with Crippen LogP contribution in [-0.4, -0.2) is 16.8 Å². The van der Waals surface area contributed by atoms with E-state index < -0.39 is 0 Å². The van der Waals surface area contributed by atoms with E-state index in [2.05, 4.69) is 39.3 Å². The summed E-state index contributed by atoms with van der Waals surface area (Å²) in [7, 11) is 3.96. The van der Waals surface area contributed by atoms with E-state index in [0.29, 0.717) is 0 Å². The summed E-state index contributed by atoms with van der Waals surface area (Å²) < 4.78 is 8.56. The number of rotatable bonds is 5. The summed E-state index contributed by atoms with van der Waals surface area (Å²) in [5.41, 5.74) is 3.45. The summed E-state index contributed by atoms with van der Waals surface area (Å²) in [6.45, 7) is 4.12. The highest BCUT2D eigenvalue weighted by molar-refractivity contribution is 9.10. The lowest BCUT2D eigenvalue weighted by molar-refractivity contribution is 0.491. The van der Waals surface area contributed by atoms with Gasteiger partial charge in [-0.3, -0.25) is 4.68 Å². The third kappa shape index (κ3) is 2.77. The van der Waals surface area contributed by atoms with Gasteiger partial charge in [-0.15, -0.1) is 0 Å². The van der Waals surface area contributed by atoms with E-state index in [9.17, 15) is 0 Å². The van der Waals surface area contributed by atoms with Crippen molar-refractivity contribution in [2.75, 3.05) is 7.05 Å². The Bertz CT molecular complexity index is 559. The summed E-state index contributed by atoms with van der Waals surface area (Å²) in [4.78, 5) is 0. The number of nitrogens with zero attached hydrogens (tertiary/aromatic N) is 2. The molecule has 0 saturated carbocycles. The lowest BCUT2D eigenvalue weighted by Gasteiger charge is -2.16. The zero-order valence-electron chi connectivity index (χ0n) is 11.8. The third-order valence-corrected chi connectivity index (χ3v) is 4.52. The van der Waals surface area contributed by atoms with Crippen molar-refractivity contribution in [2.45, 2.75) is 32.7 Å². The molecule has 5 heteroatoms. The van der Waals surface area contributed by atoms with Gasteiger partial charge in [0.2, 0.25) is 0 Å². The normalized spacial score (nSPS) is 12.9. The third-order valence-electron chi connectivity index (χ3n) is 3.48. The predicted octanol–water partition coefficient (Wildman–Crippen LogP) is 3.15. The van der Waals surface area contributed by atoms with Crippen LogP contribution in [0.4, 0.5) is 0 Å². The van der Waals surface area contributed by atoms with Gasteiger partial charge in [-0.1, -0.05) is 6.92 Å². The molecule has 0 amide bonds. The number of hydrogen-bond acceptors (Lipinski definition) is 3. The summed E-state index contributed by atoms with van der Waals surface area (Å²) in [5, 5.41) is 7.81. The minimum Gasteiger partial charge on any atom is -0.469 e. The van der Waals surface area contributed by atoms with E-state index in [1.165, 1.54) is 11.3 Å². The molecule has 2 aromatic heterocycles. The van der Waals surface area contributed by atoms with Crippen LogP contribution in [0.5, 0.6) is 0 Å². The first-order valence-corrected chi connectivity index (χ1v) is 7.29. The molecule has 0 aliphatic rings. The van der Waals surface area contributed by atoms with Gasteiger partial charge < -0.3 is 9.73 Å². The van der Waals surface area contributed by atoms with Crippen LogP contribution in [-0.2, 0) is 19.9 Å². The average molecular weight is 326 g/mol. The molecule has 0 aliphatic heterocycles. The Balaban J connectivity index is 2.29. The topological polar surface area (TPSA) is 43.0 Å². The number of halogens is 1. The van der Waals surface area contributed by atoms with Crippen LogP contribution in [0.3, 0.4) is 0 Å².